The third kappa shape index (κ3) is 1.23. The first-order chi connectivity index (χ1) is 6.34. The van der Waals surface area contributed by atoms with Gasteiger partial charge in [-0.1, -0.05) is 0 Å². The second-order valence-electron chi connectivity index (χ2n) is 3.29. The van der Waals surface area contributed by atoms with Gasteiger partial charge in [-0.25, -0.2) is 9.97 Å². The molecule has 66 valence electrons. The van der Waals surface area contributed by atoms with E-state index in [0.717, 1.165) is 11.2 Å². The molecule has 0 aromatic carbocycles. The zero-order valence-electron chi connectivity index (χ0n) is 6.83. The van der Waals surface area contributed by atoms with Gasteiger partial charge >= 0.3 is 0 Å². The summed E-state index contributed by atoms with van der Waals surface area (Å²) in [6, 6.07) is 2.00. The monoisotopic (exact) mass is 210 g/mol. The van der Waals surface area contributed by atoms with Crippen molar-refractivity contribution in [1.82, 2.24) is 9.97 Å². The molecular weight excluding hydrogens is 204 g/mol. The van der Waals surface area contributed by atoms with Crippen LogP contribution < -0.4 is 0 Å². The molecule has 0 bridgehead atoms. The number of halogens is 1. The van der Waals surface area contributed by atoms with Gasteiger partial charge in [-0.15, -0.1) is 11.3 Å². The van der Waals surface area contributed by atoms with E-state index in [4.69, 9.17) is 11.6 Å². The average Bonchev–Trinajstić information content (AvgIpc) is 2.84. The highest BCUT2D eigenvalue weighted by molar-refractivity contribution is 7.17. The van der Waals surface area contributed by atoms with Crippen LogP contribution in [-0.4, -0.2) is 9.97 Å². The van der Waals surface area contributed by atoms with Gasteiger partial charge in [-0.05, 0) is 35.9 Å². The van der Waals surface area contributed by atoms with Crippen LogP contribution >= 0.6 is 22.9 Å². The zero-order valence-corrected chi connectivity index (χ0v) is 8.40. The molecular formula is C9H7ClN2S. The first kappa shape index (κ1) is 7.71. The minimum absolute atomic E-state index is 0.382. The fourth-order valence-electron chi connectivity index (χ4n) is 1.49. The van der Waals surface area contributed by atoms with Crippen molar-refractivity contribution in [3.63, 3.8) is 0 Å². The van der Waals surface area contributed by atoms with E-state index in [1.54, 1.807) is 11.3 Å². The molecule has 2 heterocycles. The van der Waals surface area contributed by atoms with Gasteiger partial charge in [0, 0.05) is 5.92 Å². The minimum atomic E-state index is 0.382. The highest BCUT2D eigenvalue weighted by Crippen LogP contribution is 2.43. The lowest BCUT2D eigenvalue weighted by molar-refractivity contribution is 1.02. The van der Waals surface area contributed by atoms with Crippen LogP contribution in [0.1, 0.15) is 24.5 Å². The van der Waals surface area contributed by atoms with Gasteiger partial charge < -0.3 is 0 Å². The van der Waals surface area contributed by atoms with Crippen molar-refractivity contribution in [2.75, 3.05) is 0 Å². The van der Waals surface area contributed by atoms with Crippen molar-refractivity contribution < 1.29 is 0 Å². The molecule has 1 aliphatic rings. The van der Waals surface area contributed by atoms with Gasteiger partial charge in [0.2, 0.25) is 5.28 Å². The lowest BCUT2D eigenvalue weighted by atomic mass is 10.2. The van der Waals surface area contributed by atoms with Crippen LogP contribution in [0.15, 0.2) is 11.4 Å². The SMILES string of the molecule is Clc1nc(C2CC2)c2sccc2n1. The fraction of sp³-hybridized carbons (Fsp3) is 0.333. The Balaban J connectivity index is 2.33. The molecule has 0 N–H and O–H groups in total. The van der Waals surface area contributed by atoms with E-state index in [2.05, 4.69) is 9.97 Å². The third-order valence-electron chi connectivity index (χ3n) is 2.27. The van der Waals surface area contributed by atoms with E-state index in [1.807, 2.05) is 11.4 Å². The first-order valence-electron chi connectivity index (χ1n) is 4.25. The molecule has 2 aromatic heterocycles. The Kier molecular flexibility index (Phi) is 1.58. The topological polar surface area (TPSA) is 25.8 Å². The first-order valence-corrected chi connectivity index (χ1v) is 5.51. The molecule has 1 aliphatic carbocycles. The van der Waals surface area contributed by atoms with Crippen molar-refractivity contribution in [3.8, 4) is 0 Å². The van der Waals surface area contributed by atoms with Crippen LogP contribution in [-0.2, 0) is 0 Å². The maximum atomic E-state index is 5.83. The standard InChI is InChI=1S/C9H7ClN2S/c10-9-11-6-3-4-13-8(6)7(12-9)5-1-2-5/h3-5H,1-2H2. The van der Waals surface area contributed by atoms with Gasteiger partial charge in [0.15, 0.2) is 0 Å². The quantitative estimate of drug-likeness (QED) is 0.676. The summed E-state index contributed by atoms with van der Waals surface area (Å²) in [7, 11) is 0. The molecule has 0 amide bonds. The molecule has 0 spiro atoms. The van der Waals surface area contributed by atoms with Crippen LogP contribution in [0.2, 0.25) is 5.28 Å². The van der Waals surface area contributed by atoms with Gasteiger partial charge in [0.25, 0.3) is 0 Å². The molecule has 2 nitrogen and oxygen atoms in total. The number of fused-ring (bicyclic) bond motifs is 1. The number of aromatic nitrogens is 2. The van der Waals surface area contributed by atoms with Crippen molar-refractivity contribution in [3.05, 3.63) is 22.4 Å². The highest BCUT2D eigenvalue weighted by atomic mass is 35.5. The van der Waals surface area contributed by atoms with E-state index < -0.39 is 0 Å². The number of hydrogen-bond donors (Lipinski definition) is 0. The zero-order chi connectivity index (χ0) is 8.84. The molecule has 0 radical (unpaired) electrons. The van der Waals surface area contributed by atoms with Gasteiger partial charge in [0.1, 0.15) is 0 Å². The number of hydrogen-bond acceptors (Lipinski definition) is 3. The molecule has 4 heteroatoms. The van der Waals surface area contributed by atoms with Gasteiger partial charge in [-0.2, -0.15) is 0 Å². The summed E-state index contributed by atoms with van der Waals surface area (Å²) in [6.45, 7) is 0. The number of nitrogens with zero attached hydrogens (tertiary/aromatic N) is 2. The molecule has 13 heavy (non-hydrogen) atoms. The molecule has 0 atom stereocenters. The second-order valence-corrected chi connectivity index (χ2v) is 4.54. The van der Waals surface area contributed by atoms with Gasteiger partial charge in [-0.3, -0.25) is 0 Å². The maximum Gasteiger partial charge on any atom is 0.223 e. The van der Waals surface area contributed by atoms with Crippen LogP contribution in [0.5, 0.6) is 0 Å². The Morgan fingerprint density at radius 1 is 1.38 bits per heavy atom. The molecule has 0 saturated heterocycles. The fourth-order valence-corrected chi connectivity index (χ4v) is 2.57. The summed E-state index contributed by atoms with van der Waals surface area (Å²) in [5.41, 5.74) is 2.15. The summed E-state index contributed by atoms with van der Waals surface area (Å²) in [4.78, 5) is 8.47. The molecule has 2 aromatic rings. The Morgan fingerprint density at radius 3 is 3.00 bits per heavy atom. The van der Waals surface area contributed by atoms with Crippen molar-refractivity contribution in [1.29, 1.82) is 0 Å². The van der Waals surface area contributed by atoms with E-state index in [9.17, 15) is 0 Å². The van der Waals surface area contributed by atoms with E-state index in [0.29, 0.717) is 11.2 Å². The average molecular weight is 211 g/mol. The van der Waals surface area contributed by atoms with Crippen LogP contribution in [0.3, 0.4) is 0 Å². The Bertz CT molecular complexity index is 462. The molecule has 0 unspecified atom stereocenters. The van der Waals surface area contributed by atoms with Crippen molar-refractivity contribution in [2.24, 2.45) is 0 Å². The predicted molar refractivity (Wildman–Crippen MR) is 54.4 cm³/mol. The lowest BCUT2D eigenvalue weighted by Gasteiger charge is -1.98. The molecule has 0 aliphatic heterocycles. The Labute approximate surface area is 84.6 Å². The van der Waals surface area contributed by atoms with E-state index in [1.165, 1.54) is 17.5 Å². The minimum Gasteiger partial charge on any atom is -0.221 e. The third-order valence-corrected chi connectivity index (χ3v) is 3.36. The Hall–Kier alpha value is -0.670. The van der Waals surface area contributed by atoms with Crippen LogP contribution in [0, 0.1) is 0 Å². The lowest BCUT2D eigenvalue weighted by Crippen LogP contribution is -1.90. The summed E-state index contributed by atoms with van der Waals surface area (Å²) in [5, 5.41) is 2.43. The maximum absolute atomic E-state index is 5.83. The summed E-state index contributed by atoms with van der Waals surface area (Å²) < 4.78 is 1.21. The normalized spacial score (nSPS) is 16.7. The second kappa shape index (κ2) is 2.66. The highest BCUT2D eigenvalue weighted by Gasteiger charge is 2.28. The van der Waals surface area contributed by atoms with E-state index in [-0.39, 0.29) is 0 Å². The molecule has 1 fully saturated rings. The van der Waals surface area contributed by atoms with Gasteiger partial charge in [0.05, 0.1) is 15.9 Å². The van der Waals surface area contributed by atoms with Crippen molar-refractivity contribution in [2.45, 2.75) is 18.8 Å². The smallest absolute Gasteiger partial charge is 0.221 e. The van der Waals surface area contributed by atoms with E-state index >= 15 is 0 Å². The summed E-state index contributed by atoms with van der Waals surface area (Å²) in [5.74, 6) is 0.640. The summed E-state index contributed by atoms with van der Waals surface area (Å²) >= 11 is 7.54. The molecule has 3 rings (SSSR count). The molecule has 1 saturated carbocycles. The predicted octanol–water partition coefficient (Wildman–Crippen LogP) is 3.22. The number of rotatable bonds is 1. The largest absolute Gasteiger partial charge is 0.223 e. The van der Waals surface area contributed by atoms with Crippen molar-refractivity contribution >= 4 is 33.2 Å². The van der Waals surface area contributed by atoms with Crippen LogP contribution in [0.25, 0.3) is 10.2 Å². The number of thiophene rings is 1. The Morgan fingerprint density at radius 2 is 2.23 bits per heavy atom. The van der Waals surface area contributed by atoms with Crippen LogP contribution in [0.4, 0.5) is 0 Å². The summed E-state index contributed by atoms with van der Waals surface area (Å²) in [6.07, 6.45) is 2.50.